The van der Waals surface area contributed by atoms with Crippen LogP contribution >= 0.6 is 0 Å². The molecule has 1 aliphatic heterocycles. The van der Waals surface area contributed by atoms with Crippen molar-refractivity contribution >= 4 is 11.8 Å². The van der Waals surface area contributed by atoms with Crippen LogP contribution in [0.1, 0.15) is 32.0 Å². The Morgan fingerprint density at radius 1 is 1.50 bits per heavy atom. The fourth-order valence-corrected chi connectivity index (χ4v) is 2.55. The van der Waals surface area contributed by atoms with E-state index in [9.17, 15) is 9.59 Å². The average Bonchev–Trinajstić information content (AvgIpc) is 2.93. The Balaban J connectivity index is 2.09. The molecule has 0 aliphatic carbocycles. The molecule has 0 radical (unpaired) electrons. The monoisotopic (exact) mass is 308 g/mol. The van der Waals surface area contributed by atoms with Crippen molar-refractivity contribution in [2.24, 2.45) is 5.92 Å². The first kappa shape index (κ1) is 16.5. The first-order valence-corrected chi connectivity index (χ1v) is 7.59. The Hall–Kier alpha value is -1.89. The summed E-state index contributed by atoms with van der Waals surface area (Å²) in [6.45, 7) is 5.80. The number of rotatable bonds is 6. The van der Waals surface area contributed by atoms with Crippen LogP contribution in [0.25, 0.3) is 0 Å². The highest BCUT2D eigenvalue weighted by atomic mass is 16.5. The van der Waals surface area contributed by atoms with Gasteiger partial charge in [0.05, 0.1) is 25.4 Å². The van der Waals surface area contributed by atoms with E-state index in [2.05, 4.69) is 10.4 Å². The molecule has 1 aromatic heterocycles. The van der Waals surface area contributed by atoms with E-state index in [1.54, 1.807) is 22.9 Å². The summed E-state index contributed by atoms with van der Waals surface area (Å²) in [5.74, 6) is 0.245. The molecule has 1 atom stereocenters. The SMILES string of the molecule is COCCNC(=O)[C@H]1CN(C(=O)CC(C)C)Cc2ccnn21. The van der Waals surface area contributed by atoms with E-state index in [4.69, 9.17) is 4.74 Å². The normalized spacial score (nSPS) is 17.5. The van der Waals surface area contributed by atoms with E-state index in [0.29, 0.717) is 38.6 Å². The number of ether oxygens (including phenoxy) is 1. The maximum atomic E-state index is 12.4. The van der Waals surface area contributed by atoms with E-state index in [0.717, 1.165) is 5.69 Å². The molecule has 122 valence electrons. The predicted octanol–water partition coefficient (Wildman–Crippen LogP) is 0.575. The highest BCUT2D eigenvalue weighted by Crippen LogP contribution is 2.21. The van der Waals surface area contributed by atoms with E-state index < -0.39 is 6.04 Å². The summed E-state index contributed by atoms with van der Waals surface area (Å²) in [7, 11) is 1.59. The van der Waals surface area contributed by atoms with Crippen molar-refractivity contribution in [1.29, 1.82) is 0 Å². The molecule has 0 spiro atoms. The molecular weight excluding hydrogens is 284 g/mol. The van der Waals surface area contributed by atoms with Gasteiger partial charge >= 0.3 is 0 Å². The lowest BCUT2D eigenvalue weighted by Crippen LogP contribution is -2.47. The van der Waals surface area contributed by atoms with E-state index in [1.165, 1.54) is 0 Å². The van der Waals surface area contributed by atoms with Crippen LogP contribution < -0.4 is 5.32 Å². The topological polar surface area (TPSA) is 76.5 Å². The Labute approximate surface area is 130 Å². The van der Waals surface area contributed by atoms with Crippen LogP contribution in [0, 0.1) is 5.92 Å². The Bertz CT molecular complexity index is 527. The van der Waals surface area contributed by atoms with E-state index in [1.807, 2.05) is 19.9 Å². The number of nitrogens with one attached hydrogen (secondary N) is 1. The number of aromatic nitrogens is 2. The summed E-state index contributed by atoms with van der Waals surface area (Å²) in [5, 5.41) is 7.05. The van der Waals surface area contributed by atoms with Crippen LogP contribution in [0.3, 0.4) is 0 Å². The van der Waals surface area contributed by atoms with Crippen molar-refractivity contribution < 1.29 is 14.3 Å². The van der Waals surface area contributed by atoms with Gasteiger partial charge in [-0.25, -0.2) is 0 Å². The summed E-state index contributed by atoms with van der Waals surface area (Å²) in [6.07, 6.45) is 2.16. The molecule has 0 saturated carbocycles. The number of hydrogen-bond donors (Lipinski definition) is 1. The maximum absolute atomic E-state index is 12.4. The van der Waals surface area contributed by atoms with Crippen molar-refractivity contribution in [2.75, 3.05) is 26.8 Å². The molecule has 22 heavy (non-hydrogen) atoms. The Kier molecular flexibility index (Phi) is 5.54. The van der Waals surface area contributed by atoms with Crippen LogP contribution in [0.5, 0.6) is 0 Å². The van der Waals surface area contributed by atoms with E-state index >= 15 is 0 Å². The first-order chi connectivity index (χ1) is 10.5. The minimum Gasteiger partial charge on any atom is -0.383 e. The number of methoxy groups -OCH3 is 1. The third-order valence-electron chi connectivity index (χ3n) is 3.64. The number of amides is 2. The molecule has 2 heterocycles. The van der Waals surface area contributed by atoms with Crippen LogP contribution in [0.4, 0.5) is 0 Å². The second-order valence-corrected chi connectivity index (χ2v) is 5.94. The summed E-state index contributed by atoms with van der Waals surface area (Å²) in [5.41, 5.74) is 0.884. The third kappa shape index (κ3) is 3.85. The first-order valence-electron chi connectivity index (χ1n) is 7.59. The van der Waals surface area contributed by atoms with Crippen LogP contribution in [0.15, 0.2) is 12.3 Å². The molecule has 0 fully saturated rings. The standard InChI is InChI=1S/C15H24N4O3/c1-11(2)8-14(20)18-9-12-4-5-17-19(12)13(10-18)15(21)16-6-7-22-3/h4-5,11,13H,6-10H2,1-3H3,(H,16,21)/t13-/m1/s1. The number of carbonyl (C=O) groups is 2. The summed E-state index contributed by atoms with van der Waals surface area (Å²) in [4.78, 5) is 26.4. The van der Waals surface area contributed by atoms with Crippen molar-refractivity contribution in [1.82, 2.24) is 20.0 Å². The van der Waals surface area contributed by atoms with Gasteiger partial charge in [0, 0.05) is 26.3 Å². The maximum Gasteiger partial charge on any atom is 0.246 e. The lowest BCUT2D eigenvalue weighted by atomic mass is 10.1. The zero-order valence-electron chi connectivity index (χ0n) is 13.4. The highest BCUT2D eigenvalue weighted by Gasteiger charge is 2.32. The lowest BCUT2D eigenvalue weighted by Gasteiger charge is -2.33. The minimum absolute atomic E-state index is 0.0807. The molecule has 1 N–H and O–H groups in total. The van der Waals surface area contributed by atoms with Gasteiger partial charge in [0.2, 0.25) is 11.8 Å². The molecular formula is C15H24N4O3. The summed E-state index contributed by atoms with van der Waals surface area (Å²) < 4.78 is 6.65. The van der Waals surface area contributed by atoms with Crippen molar-refractivity contribution in [3.05, 3.63) is 18.0 Å². The fourth-order valence-electron chi connectivity index (χ4n) is 2.55. The second kappa shape index (κ2) is 7.40. The van der Waals surface area contributed by atoms with Crippen molar-refractivity contribution in [2.45, 2.75) is 32.9 Å². The highest BCUT2D eigenvalue weighted by molar-refractivity contribution is 5.82. The van der Waals surface area contributed by atoms with Gasteiger partial charge in [-0.1, -0.05) is 13.8 Å². The molecule has 1 aromatic rings. The van der Waals surface area contributed by atoms with Gasteiger partial charge in [-0.05, 0) is 12.0 Å². The van der Waals surface area contributed by atoms with Crippen molar-refractivity contribution in [3.63, 3.8) is 0 Å². The van der Waals surface area contributed by atoms with Crippen LogP contribution in [-0.4, -0.2) is 53.3 Å². The van der Waals surface area contributed by atoms with Gasteiger partial charge in [-0.3, -0.25) is 14.3 Å². The van der Waals surface area contributed by atoms with Crippen molar-refractivity contribution in [3.8, 4) is 0 Å². The van der Waals surface area contributed by atoms with Gasteiger partial charge in [0.15, 0.2) is 0 Å². The quantitative estimate of drug-likeness (QED) is 0.780. The van der Waals surface area contributed by atoms with E-state index in [-0.39, 0.29) is 11.8 Å². The largest absolute Gasteiger partial charge is 0.383 e. The van der Waals surface area contributed by atoms with Gasteiger partial charge in [-0.15, -0.1) is 0 Å². The Morgan fingerprint density at radius 2 is 2.27 bits per heavy atom. The average molecular weight is 308 g/mol. The van der Waals surface area contributed by atoms with Gasteiger partial charge in [-0.2, -0.15) is 5.10 Å². The van der Waals surface area contributed by atoms with Gasteiger partial charge in [0.25, 0.3) is 0 Å². The van der Waals surface area contributed by atoms with Crippen LogP contribution in [-0.2, 0) is 20.9 Å². The molecule has 1 aliphatic rings. The van der Waals surface area contributed by atoms with Gasteiger partial charge < -0.3 is 15.0 Å². The molecule has 0 unspecified atom stereocenters. The molecule has 2 rings (SSSR count). The molecule has 0 aromatic carbocycles. The molecule has 0 bridgehead atoms. The lowest BCUT2D eigenvalue weighted by molar-refractivity contribution is -0.136. The number of nitrogens with zero attached hydrogens (tertiary/aromatic N) is 3. The molecule has 7 heteroatoms. The number of carbonyl (C=O) groups excluding carboxylic acids is 2. The Morgan fingerprint density at radius 3 is 2.95 bits per heavy atom. The van der Waals surface area contributed by atoms with Gasteiger partial charge in [0.1, 0.15) is 6.04 Å². The number of hydrogen-bond acceptors (Lipinski definition) is 4. The molecule has 2 amide bonds. The minimum atomic E-state index is -0.480. The number of fused-ring (bicyclic) bond motifs is 1. The zero-order chi connectivity index (χ0) is 16.1. The fraction of sp³-hybridized carbons (Fsp3) is 0.667. The summed E-state index contributed by atoms with van der Waals surface area (Å²) in [6, 6.07) is 1.37. The summed E-state index contributed by atoms with van der Waals surface area (Å²) >= 11 is 0. The zero-order valence-corrected chi connectivity index (χ0v) is 13.4. The predicted molar refractivity (Wildman–Crippen MR) is 81.0 cm³/mol. The third-order valence-corrected chi connectivity index (χ3v) is 3.64. The smallest absolute Gasteiger partial charge is 0.246 e. The molecule has 0 saturated heterocycles. The second-order valence-electron chi connectivity index (χ2n) is 5.94. The van der Waals surface area contributed by atoms with Crippen LogP contribution in [0.2, 0.25) is 0 Å². The molecule has 7 nitrogen and oxygen atoms in total.